The van der Waals surface area contributed by atoms with E-state index in [0.29, 0.717) is 0 Å². The predicted octanol–water partition coefficient (Wildman–Crippen LogP) is 2.61. The molecule has 0 bridgehead atoms. The Bertz CT molecular complexity index is 265. The molecule has 0 rings (SSSR count). The van der Waals surface area contributed by atoms with Crippen molar-refractivity contribution in [1.29, 1.82) is 0 Å². The molecule has 0 aliphatic carbocycles. The first-order chi connectivity index (χ1) is 6.62. The lowest BCUT2D eigenvalue weighted by Gasteiger charge is -1.96. The molecule has 0 aliphatic rings. The largest absolute Gasteiger partial charge is 0.290 e. The Balaban J connectivity index is 3.78. The van der Waals surface area contributed by atoms with Gasteiger partial charge in [-0.15, -0.1) is 6.58 Å². The van der Waals surface area contributed by atoms with Gasteiger partial charge < -0.3 is 0 Å². The first-order valence-electron chi connectivity index (χ1n) is 4.79. The van der Waals surface area contributed by atoms with Gasteiger partial charge in [-0.05, 0) is 12.8 Å². The highest BCUT2D eigenvalue weighted by atomic mass is 32.2. The molecule has 0 N–H and O–H groups in total. The average Bonchev–Trinajstić information content (AvgIpc) is 2.15. The third-order valence-corrected chi connectivity index (χ3v) is 2.58. The average molecular weight is 218 g/mol. The van der Waals surface area contributed by atoms with Gasteiger partial charge >= 0.3 is 0 Å². The van der Waals surface area contributed by atoms with Crippen LogP contribution in [0.2, 0.25) is 0 Å². The standard InChI is InChI=1S/C10H18O3S/c1-3-5-6-7-8-10-14(11,12)13-9-4-2/h4,8,10H,2-3,5-7,9H2,1H3/b10-8+. The third-order valence-electron chi connectivity index (χ3n) is 1.59. The molecule has 0 aliphatic heterocycles. The van der Waals surface area contributed by atoms with Crippen LogP contribution in [0, 0.1) is 0 Å². The summed E-state index contributed by atoms with van der Waals surface area (Å²) in [6, 6.07) is 0. The lowest BCUT2D eigenvalue weighted by Crippen LogP contribution is -2.01. The van der Waals surface area contributed by atoms with Crippen LogP contribution < -0.4 is 0 Å². The van der Waals surface area contributed by atoms with E-state index in [2.05, 4.69) is 17.7 Å². The predicted molar refractivity (Wildman–Crippen MR) is 58.4 cm³/mol. The minimum atomic E-state index is -3.48. The van der Waals surface area contributed by atoms with Crippen molar-refractivity contribution in [3.8, 4) is 0 Å². The summed E-state index contributed by atoms with van der Waals surface area (Å²) in [6.45, 7) is 5.51. The molecule has 0 aromatic carbocycles. The molecule has 0 amide bonds. The van der Waals surface area contributed by atoms with Crippen molar-refractivity contribution in [3.05, 3.63) is 24.1 Å². The molecule has 14 heavy (non-hydrogen) atoms. The summed E-state index contributed by atoms with van der Waals surface area (Å²) >= 11 is 0. The molecule has 0 radical (unpaired) electrons. The molecule has 0 heterocycles. The fourth-order valence-electron chi connectivity index (χ4n) is 0.880. The van der Waals surface area contributed by atoms with Crippen LogP contribution in [0.25, 0.3) is 0 Å². The minimum absolute atomic E-state index is 0.0294. The van der Waals surface area contributed by atoms with Gasteiger partial charge in [-0.1, -0.05) is 31.9 Å². The van der Waals surface area contributed by atoms with Crippen molar-refractivity contribution in [3.63, 3.8) is 0 Å². The first-order valence-corrected chi connectivity index (χ1v) is 6.26. The number of hydrogen-bond acceptors (Lipinski definition) is 3. The molecule has 0 unspecified atom stereocenters. The fraction of sp³-hybridized carbons (Fsp3) is 0.600. The second kappa shape index (κ2) is 7.76. The quantitative estimate of drug-likeness (QED) is 0.357. The summed E-state index contributed by atoms with van der Waals surface area (Å²) < 4.78 is 26.7. The summed E-state index contributed by atoms with van der Waals surface area (Å²) in [7, 11) is -3.48. The molecule has 0 aromatic rings. The second-order valence-electron chi connectivity index (χ2n) is 2.93. The zero-order valence-electron chi connectivity index (χ0n) is 8.61. The molecule has 82 valence electrons. The van der Waals surface area contributed by atoms with E-state index in [1.54, 1.807) is 6.08 Å². The van der Waals surface area contributed by atoms with Gasteiger partial charge in [-0.3, -0.25) is 4.18 Å². The first kappa shape index (κ1) is 13.4. The molecule has 0 atom stereocenters. The summed E-state index contributed by atoms with van der Waals surface area (Å²) in [6.07, 6.45) is 7.09. The smallest absolute Gasteiger partial charge is 0.263 e. The van der Waals surface area contributed by atoms with Crippen LogP contribution in [-0.4, -0.2) is 15.0 Å². The monoisotopic (exact) mass is 218 g/mol. The minimum Gasteiger partial charge on any atom is -0.263 e. The number of hydrogen-bond donors (Lipinski definition) is 0. The molecule has 3 nitrogen and oxygen atoms in total. The normalized spacial score (nSPS) is 12.1. The zero-order chi connectivity index (χ0) is 10.9. The van der Waals surface area contributed by atoms with Gasteiger partial charge in [0, 0.05) is 0 Å². The highest BCUT2D eigenvalue weighted by Crippen LogP contribution is 2.02. The zero-order valence-corrected chi connectivity index (χ0v) is 9.42. The Morgan fingerprint density at radius 3 is 2.64 bits per heavy atom. The van der Waals surface area contributed by atoms with Gasteiger partial charge in [0.25, 0.3) is 10.1 Å². The van der Waals surface area contributed by atoms with Crippen molar-refractivity contribution in [1.82, 2.24) is 0 Å². The van der Waals surface area contributed by atoms with Gasteiger partial charge in [0.05, 0.1) is 12.0 Å². The van der Waals surface area contributed by atoms with Crippen molar-refractivity contribution in [2.45, 2.75) is 32.6 Å². The maximum absolute atomic E-state index is 11.1. The van der Waals surface area contributed by atoms with Gasteiger partial charge in [0.15, 0.2) is 0 Å². The summed E-state index contributed by atoms with van der Waals surface area (Å²) in [4.78, 5) is 0. The molecule has 0 spiro atoms. The van der Waals surface area contributed by atoms with Crippen molar-refractivity contribution < 1.29 is 12.6 Å². The van der Waals surface area contributed by atoms with Crippen LogP contribution in [-0.2, 0) is 14.3 Å². The van der Waals surface area contributed by atoms with E-state index in [9.17, 15) is 8.42 Å². The summed E-state index contributed by atoms with van der Waals surface area (Å²) in [5.41, 5.74) is 0. The van der Waals surface area contributed by atoms with E-state index in [-0.39, 0.29) is 6.61 Å². The fourth-order valence-corrected chi connectivity index (χ4v) is 1.62. The molecule has 0 aromatic heterocycles. The molecular formula is C10H18O3S. The van der Waals surface area contributed by atoms with Crippen LogP contribution in [0.15, 0.2) is 24.1 Å². The highest BCUT2D eigenvalue weighted by molar-refractivity contribution is 7.89. The summed E-state index contributed by atoms with van der Waals surface area (Å²) in [5, 5.41) is 1.12. The van der Waals surface area contributed by atoms with Gasteiger partial charge in [0.1, 0.15) is 0 Å². The highest BCUT2D eigenvalue weighted by Gasteiger charge is 2.02. The van der Waals surface area contributed by atoms with Gasteiger partial charge in [-0.2, -0.15) is 8.42 Å². The molecule has 0 saturated carbocycles. The Morgan fingerprint density at radius 2 is 2.07 bits per heavy atom. The van der Waals surface area contributed by atoms with E-state index in [4.69, 9.17) is 0 Å². The molecule has 0 fully saturated rings. The number of unbranched alkanes of at least 4 members (excludes halogenated alkanes) is 3. The van der Waals surface area contributed by atoms with Crippen LogP contribution >= 0.6 is 0 Å². The van der Waals surface area contributed by atoms with Gasteiger partial charge in [-0.25, -0.2) is 0 Å². The van der Waals surface area contributed by atoms with Crippen molar-refractivity contribution in [2.75, 3.05) is 6.61 Å². The molecule has 0 saturated heterocycles. The van der Waals surface area contributed by atoms with E-state index >= 15 is 0 Å². The maximum atomic E-state index is 11.1. The SMILES string of the molecule is C=CCOS(=O)(=O)/C=C/CCCCC. The Labute approximate surface area is 86.6 Å². The van der Waals surface area contributed by atoms with Crippen LogP contribution in [0.4, 0.5) is 0 Å². The van der Waals surface area contributed by atoms with E-state index < -0.39 is 10.1 Å². The number of rotatable bonds is 8. The van der Waals surface area contributed by atoms with Crippen molar-refractivity contribution >= 4 is 10.1 Å². The lowest BCUT2D eigenvalue weighted by molar-refractivity contribution is 0.364. The lowest BCUT2D eigenvalue weighted by atomic mass is 10.2. The third kappa shape index (κ3) is 8.01. The van der Waals surface area contributed by atoms with E-state index in [0.717, 1.165) is 31.1 Å². The topological polar surface area (TPSA) is 43.4 Å². The Hall–Kier alpha value is -0.610. The maximum Gasteiger partial charge on any atom is 0.290 e. The molecular weight excluding hydrogens is 200 g/mol. The Kier molecular flexibility index (Phi) is 7.42. The summed E-state index contributed by atoms with van der Waals surface area (Å²) in [5.74, 6) is 0. The Morgan fingerprint density at radius 1 is 1.36 bits per heavy atom. The van der Waals surface area contributed by atoms with Gasteiger partial charge in [0.2, 0.25) is 0 Å². The van der Waals surface area contributed by atoms with Crippen LogP contribution in [0.3, 0.4) is 0 Å². The van der Waals surface area contributed by atoms with E-state index in [1.807, 2.05) is 0 Å². The second-order valence-corrected chi connectivity index (χ2v) is 4.43. The van der Waals surface area contributed by atoms with Crippen LogP contribution in [0.1, 0.15) is 32.6 Å². The number of allylic oxidation sites excluding steroid dienone is 1. The molecule has 4 heteroatoms. The van der Waals surface area contributed by atoms with E-state index in [1.165, 1.54) is 6.08 Å². The van der Waals surface area contributed by atoms with Crippen molar-refractivity contribution in [2.24, 2.45) is 0 Å². The van der Waals surface area contributed by atoms with Crippen LogP contribution in [0.5, 0.6) is 0 Å².